The molecular weight excluding hydrogens is 191 g/mol. The highest BCUT2D eigenvalue weighted by atomic mass is 16.5. The summed E-state index contributed by atoms with van der Waals surface area (Å²) < 4.78 is 5.17. The van der Waals surface area contributed by atoms with Crippen molar-refractivity contribution in [2.24, 2.45) is 0 Å². The summed E-state index contributed by atoms with van der Waals surface area (Å²) in [4.78, 5) is 0. The van der Waals surface area contributed by atoms with Crippen LogP contribution in [0.1, 0.15) is 17.5 Å². The van der Waals surface area contributed by atoms with Crippen molar-refractivity contribution in [1.82, 2.24) is 0 Å². The molecule has 0 aromatic heterocycles. The second kappa shape index (κ2) is 5.90. The largest absolute Gasteiger partial charge is 0.491 e. The Morgan fingerprint density at radius 1 is 1.20 bits per heavy atom. The lowest BCUT2D eigenvalue weighted by atomic mass is 9.78. The predicted octanol–water partition coefficient (Wildman–Crippen LogP) is 0.390. The van der Waals surface area contributed by atoms with Gasteiger partial charge in [0.2, 0.25) is 0 Å². The maximum absolute atomic E-state index is 9.69. The second-order valence-electron chi connectivity index (χ2n) is 3.72. The summed E-state index contributed by atoms with van der Waals surface area (Å²) in [6.07, 6.45) is 0.544. The third-order valence-corrected chi connectivity index (χ3v) is 2.11. The zero-order valence-electron chi connectivity index (χ0n) is 9.23. The summed E-state index contributed by atoms with van der Waals surface area (Å²) in [6, 6.07) is 5.84. The van der Waals surface area contributed by atoms with Crippen LogP contribution < -0.4 is 5.46 Å². The van der Waals surface area contributed by atoms with Gasteiger partial charge in [-0.15, -0.1) is 0 Å². The van der Waals surface area contributed by atoms with Gasteiger partial charge in [0, 0.05) is 13.2 Å². The zero-order chi connectivity index (χ0) is 11.3. The van der Waals surface area contributed by atoms with Crippen LogP contribution in [0.5, 0.6) is 0 Å². The van der Waals surface area contributed by atoms with E-state index in [1.54, 1.807) is 0 Å². The zero-order valence-corrected chi connectivity index (χ0v) is 9.23. The number of hydrogen-bond acceptors (Lipinski definition) is 3. The summed E-state index contributed by atoms with van der Waals surface area (Å²) in [5, 5.41) is 18.3. The summed E-state index contributed by atoms with van der Waals surface area (Å²) >= 11 is 0. The van der Waals surface area contributed by atoms with E-state index in [0.717, 1.165) is 16.6 Å². The Kier molecular flexibility index (Phi) is 4.82. The topological polar surface area (TPSA) is 49.7 Å². The number of rotatable bonds is 5. The molecule has 0 aliphatic carbocycles. The molecule has 1 rings (SSSR count). The monoisotopic (exact) mass is 208 g/mol. The summed E-state index contributed by atoms with van der Waals surface area (Å²) in [7, 11) is -0.893. The van der Waals surface area contributed by atoms with Crippen molar-refractivity contribution in [3.05, 3.63) is 29.3 Å². The lowest BCUT2D eigenvalue weighted by molar-refractivity contribution is 0.216. The molecule has 15 heavy (non-hydrogen) atoms. The highest BCUT2D eigenvalue weighted by Gasteiger charge is 2.16. The lowest BCUT2D eigenvalue weighted by Crippen LogP contribution is -2.34. The first-order chi connectivity index (χ1) is 7.13. The fourth-order valence-electron chi connectivity index (χ4n) is 1.51. The normalized spacial score (nSPS) is 10.4. The molecule has 82 valence electrons. The minimum absolute atomic E-state index is 0.0829. The molecule has 4 heteroatoms. The van der Waals surface area contributed by atoms with Gasteiger partial charge in [0.1, 0.15) is 0 Å². The quantitative estimate of drug-likeness (QED) is 0.543. The molecule has 1 aromatic carbocycles. The fraction of sp³-hybridized carbons (Fsp3) is 0.455. The molecule has 0 bridgehead atoms. The molecule has 0 atom stereocenters. The minimum Gasteiger partial charge on any atom is -0.423 e. The molecular formula is C11H17BO3. The molecule has 2 N–H and O–H groups in total. The van der Waals surface area contributed by atoms with Crippen molar-refractivity contribution < 1.29 is 14.8 Å². The van der Waals surface area contributed by atoms with Gasteiger partial charge in [-0.1, -0.05) is 29.3 Å². The van der Waals surface area contributed by atoms with Crippen LogP contribution >= 0.6 is 0 Å². The van der Waals surface area contributed by atoms with Crippen LogP contribution in [-0.2, 0) is 4.65 Å². The Morgan fingerprint density at radius 2 is 1.80 bits per heavy atom. The van der Waals surface area contributed by atoms with E-state index in [9.17, 15) is 5.02 Å². The van der Waals surface area contributed by atoms with E-state index < -0.39 is 7.12 Å². The van der Waals surface area contributed by atoms with Crippen LogP contribution in [0.4, 0.5) is 0 Å². The van der Waals surface area contributed by atoms with Gasteiger partial charge < -0.3 is 14.8 Å². The Labute approximate surface area is 90.9 Å². The lowest BCUT2D eigenvalue weighted by Gasteiger charge is -2.09. The van der Waals surface area contributed by atoms with Gasteiger partial charge in [-0.3, -0.25) is 0 Å². The first-order valence-corrected chi connectivity index (χ1v) is 5.12. The Morgan fingerprint density at radius 3 is 2.33 bits per heavy atom. The fourth-order valence-corrected chi connectivity index (χ4v) is 1.51. The first-order valence-electron chi connectivity index (χ1n) is 5.12. The van der Waals surface area contributed by atoms with Crippen molar-refractivity contribution in [3.8, 4) is 0 Å². The Hall–Kier alpha value is -0.835. The van der Waals surface area contributed by atoms with Crippen molar-refractivity contribution in [3.63, 3.8) is 0 Å². The van der Waals surface area contributed by atoms with Crippen LogP contribution in [0, 0.1) is 13.8 Å². The smallest absolute Gasteiger partial charge is 0.423 e. The van der Waals surface area contributed by atoms with Gasteiger partial charge in [-0.2, -0.15) is 0 Å². The van der Waals surface area contributed by atoms with Crippen LogP contribution in [0.15, 0.2) is 18.2 Å². The van der Waals surface area contributed by atoms with Crippen LogP contribution in [0.2, 0.25) is 0 Å². The molecule has 0 fully saturated rings. The minimum atomic E-state index is -0.893. The van der Waals surface area contributed by atoms with Gasteiger partial charge in [0.25, 0.3) is 0 Å². The van der Waals surface area contributed by atoms with E-state index in [2.05, 4.69) is 0 Å². The van der Waals surface area contributed by atoms with Crippen LogP contribution in [0.3, 0.4) is 0 Å². The molecule has 0 saturated carbocycles. The average Bonchev–Trinajstić information content (AvgIpc) is 2.16. The highest BCUT2D eigenvalue weighted by Crippen LogP contribution is 2.01. The van der Waals surface area contributed by atoms with Crippen molar-refractivity contribution in [2.45, 2.75) is 20.3 Å². The third kappa shape index (κ3) is 4.04. The molecule has 3 nitrogen and oxygen atoms in total. The third-order valence-electron chi connectivity index (χ3n) is 2.11. The Balaban J connectivity index is 2.60. The molecule has 0 amide bonds. The van der Waals surface area contributed by atoms with E-state index in [1.165, 1.54) is 0 Å². The Bertz CT molecular complexity index is 294. The first kappa shape index (κ1) is 12.2. The van der Waals surface area contributed by atoms with Gasteiger partial charge in [0.15, 0.2) is 0 Å². The number of aliphatic hydroxyl groups excluding tert-OH is 1. The SMILES string of the molecule is Cc1cc(C)cc(B(O)OCCCO)c1. The van der Waals surface area contributed by atoms with Crippen molar-refractivity contribution in [2.75, 3.05) is 13.2 Å². The molecule has 0 unspecified atom stereocenters. The standard InChI is InChI=1S/C11H17BO3/c1-9-6-10(2)8-11(7-9)12(14)15-5-3-4-13/h6-8,13-14H,3-5H2,1-2H3. The molecule has 0 radical (unpaired) electrons. The number of benzene rings is 1. The molecule has 0 aliphatic rings. The molecule has 0 spiro atoms. The van der Waals surface area contributed by atoms with Gasteiger partial charge in [0.05, 0.1) is 0 Å². The molecule has 0 heterocycles. The average molecular weight is 208 g/mol. The van der Waals surface area contributed by atoms with E-state index >= 15 is 0 Å². The van der Waals surface area contributed by atoms with Gasteiger partial charge in [-0.25, -0.2) is 0 Å². The highest BCUT2D eigenvalue weighted by molar-refractivity contribution is 6.60. The predicted molar refractivity (Wildman–Crippen MR) is 61.2 cm³/mol. The number of hydrogen-bond donors (Lipinski definition) is 2. The van der Waals surface area contributed by atoms with Crippen molar-refractivity contribution in [1.29, 1.82) is 0 Å². The molecule has 0 saturated heterocycles. The van der Waals surface area contributed by atoms with E-state index in [-0.39, 0.29) is 6.61 Å². The second-order valence-corrected chi connectivity index (χ2v) is 3.72. The molecule has 0 aliphatic heterocycles. The summed E-state index contributed by atoms with van der Waals surface area (Å²) in [5.74, 6) is 0. The number of aliphatic hydroxyl groups is 1. The maximum atomic E-state index is 9.69. The van der Waals surface area contributed by atoms with Crippen LogP contribution in [-0.4, -0.2) is 30.5 Å². The van der Waals surface area contributed by atoms with Gasteiger partial charge in [-0.05, 0) is 25.7 Å². The molecule has 1 aromatic rings. The maximum Gasteiger partial charge on any atom is 0.491 e. The van der Waals surface area contributed by atoms with Gasteiger partial charge >= 0.3 is 7.12 Å². The van der Waals surface area contributed by atoms with Crippen LogP contribution in [0.25, 0.3) is 0 Å². The summed E-state index contributed by atoms with van der Waals surface area (Å²) in [5.41, 5.74) is 2.98. The van der Waals surface area contributed by atoms with Crippen molar-refractivity contribution >= 4 is 12.6 Å². The number of aryl methyl sites for hydroxylation is 2. The summed E-state index contributed by atoms with van der Waals surface area (Å²) in [6.45, 7) is 4.41. The van der Waals surface area contributed by atoms with E-state index in [0.29, 0.717) is 13.0 Å². The van der Waals surface area contributed by atoms with E-state index in [1.807, 2.05) is 32.0 Å². The van der Waals surface area contributed by atoms with E-state index in [4.69, 9.17) is 9.76 Å².